The Morgan fingerprint density at radius 2 is 2.10 bits per heavy atom. The molecule has 1 aliphatic rings. The number of allylic oxidation sites excluding steroid dienone is 1. The average molecular weight is 290 g/mol. The predicted octanol–water partition coefficient (Wildman–Crippen LogP) is 4.70. The fraction of sp³-hybridized carbons (Fsp3) is 0.412. The monoisotopic (exact) mass is 290 g/mol. The van der Waals surface area contributed by atoms with Crippen molar-refractivity contribution >= 4 is 11.8 Å². The van der Waals surface area contributed by atoms with Gasteiger partial charge in [0.2, 0.25) is 0 Å². The van der Waals surface area contributed by atoms with Gasteiger partial charge in [-0.1, -0.05) is 43.8 Å². The topological polar surface area (TPSA) is 18.5 Å². The number of benzene rings is 1. The van der Waals surface area contributed by atoms with Crippen molar-refractivity contribution in [1.29, 1.82) is 0 Å². The van der Waals surface area contributed by atoms with Gasteiger partial charge in [-0.3, -0.25) is 0 Å². The van der Waals surface area contributed by atoms with Crippen LogP contribution in [0.3, 0.4) is 0 Å². The van der Waals surface area contributed by atoms with E-state index in [1.54, 1.807) is 0 Å². The van der Waals surface area contributed by atoms with Crippen LogP contribution in [-0.4, -0.2) is 17.8 Å². The molecule has 2 rings (SSSR count). The van der Waals surface area contributed by atoms with Crippen molar-refractivity contribution in [2.45, 2.75) is 31.6 Å². The van der Waals surface area contributed by atoms with E-state index in [-0.39, 0.29) is 5.44 Å². The highest BCUT2D eigenvalue weighted by molar-refractivity contribution is 7.99. The summed E-state index contributed by atoms with van der Waals surface area (Å²) in [5, 5.41) is 0. The summed E-state index contributed by atoms with van der Waals surface area (Å²) in [4.78, 5) is 0. The van der Waals surface area contributed by atoms with Crippen LogP contribution in [0.15, 0.2) is 54.5 Å². The van der Waals surface area contributed by atoms with Crippen LogP contribution in [0.5, 0.6) is 0 Å². The normalized spacial score (nSPS) is 21.8. The van der Waals surface area contributed by atoms with E-state index in [4.69, 9.17) is 9.47 Å². The quantitative estimate of drug-likeness (QED) is 0.707. The third-order valence-corrected chi connectivity index (χ3v) is 4.22. The third kappa shape index (κ3) is 3.83. The Morgan fingerprint density at radius 3 is 2.75 bits per heavy atom. The van der Waals surface area contributed by atoms with Crippen LogP contribution in [-0.2, 0) is 9.47 Å². The Kier molecular flexibility index (Phi) is 5.60. The first-order chi connectivity index (χ1) is 9.74. The number of hydrogen-bond acceptors (Lipinski definition) is 3. The molecule has 0 spiro atoms. The summed E-state index contributed by atoms with van der Waals surface area (Å²) >= 11 is 1.83. The molecule has 1 heterocycles. The minimum Gasteiger partial charge on any atom is -0.491 e. The maximum Gasteiger partial charge on any atom is 0.158 e. The van der Waals surface area contributed by atoms with Crippen molar-refractivity contribution in [3.8, 4) is 0 Å². The van der Waals surface area contributed by atoms with Crippen LogP contribution in [0.2, 0.25) is 0 Å². The van der Waals surface area contributed by atoms with E-state index >= 15 is 0 Å². The van der Waals surface area contributed by atoms with Gasteiger partial charge in [-0.15, -0.1) is 11.8 Å². The SMILES string of the molecule is C=C(OCC)C1=C[C@@H](c2ccccc2)C[C@@H](SCC)O1. The predicted molar refractivity (Wildman–Crippen MR) is 85.7 cm³/mol. The molecule has 1 aromatic rings. The number of rotatable bonds is 6. The molecule has 0 aromatic heterocycles. The van der Waals surface area contributed by atoms with Crippen molar-refractivity contribution < 1.29 is 9.47 Å². The second kappa shape index (κ2) is 7.44. The highest BCUT2D eigenvalue weighted by atomic mass is 32.2. The van der Waals surface area contributed by atoms with E-state index in [1.165, 1.54) is 5.56 Å². The molecule has 0 saturated heterocycles. The van der Waals surface area contributed by atoms with Gasteiger partial charge >= 0.3 is 0 Å². The lowest BCUT2D eigenvalue weighted by atomic mass is 9.93. The van der Waals surface area contributed by atoms with Gasteiger partial charge in [-0.25, -0.2) is 0 Å². The fourth-order valence-electron chi connectivity index (χ4n) is 2.31. The van der Waals surface area contributed by atoms with Gasteiger partial charge in [0.1, 0.15) is 5.44 Å². The molecular formula is C17H22O2S. The van der Waals surface area contributed by atoms with Gasteiger partial charge in [0, 0.05) is 12.3 Å². The first kappa shape index (κ1) is 15.0. The Balaban J connectivity index is 2.21. The Hall–Kier alpha value is -1.35. The maximum atomic E-state index is 5.99. The molecule has 0 amide bonds. The Labute approximate surface area is 125 Å². The lowest BCUT2D eigenvalue weighted by Crippen LogP contribution is -2.20. The van der Waals surface area contributed by atoms with Crippen molar-refractivity contribution in [3.05, 3.63) is 60.1 Å². The molecule has 2 atom stereocenters. The van der Waals surface area contributed by atoms with Gasteiger partial charge in [0.25, 0.3) is 0 Å². The van der Waals surface area contributed by atoms with E-state index in [2.05, 4.69) is 43.8 Å². The molecule has 20 heavy (non-hydrogen) atoms. The standard InChI is InChI=1S/C17H22O2S/c1-4-18-13(3)16-11-15(12-17(19-16)20-5-2)14-9-7-6-8-10-14/h6-11,15,17H,3-5,12H2,1-2H3/t15-,17-/m1/s1. The second-order valence-electron chi connectivity index (χ2n) is 4.64. The highest BCUT2D eigenvalue weighted by Crippen LogP contribution is 2.37. The molecule has 0 N–H and O–H groups in total. The zero-order chi connectivity index (χ0) is 14.4. The van der Waals surface area contributed by atoms with Crippen LogP contribution in [0.4, 0.5) is 0 Å². The first-order valence-electron chi connectivity index (χ1n) is 7.11. The van der Waals surface area contributed by atoms with Crippen LogP contribution in [0, 0.1) is 0 Å². The second-order valence-corrected chi connectivity index (χ2v) is 6.08. The average Bonchev–Trinajstić information content (AvgIpc) is 2.48. The molecule has 1 aliphatic heterocycles. The molecule has 108 valence electrons. The van der Waals surface area contributed by atoms with E-state index < -0.39 is 0 Å². The van der Waals surface area contributed by atoms with E-state index in [9.17, 15) is 0 Å². The van der Waals surface area contributed by atoms with E-state index in [0.717, 1.165) is 17.9 Å². The van der Waals surface area contributed by atoms with Crippen LogP contribution in [0.1, 0.15) is 31.7 Å². The summed E-state index contributed by atoms with van der Waals surface area (Å²) < 4.78 is 11.5. The van der Waals surface area contributed by atoms with Crippen molar-refractivity contribution in [2.24, 2.45) is 0 Å². The zero-order valence-electron chi connectivity index (χ0n) is 12.2. The molecule has 0 saturated carbocycles. The summed E-state index contributed by atoms with van der Waals surface area (Å²) in [6, 6.07) is 10.5. The molecule has 0 radical (unpaired) electrons. The molecule has 1 aromatic carbocycles. The molecule has 2 nitrogen and oxygen atoms in total. The van der Waals surface area contributed by atoms with Crippen LogP contribution < -0.4 is 0 Å². The van der Waals surface area contributed by atoms with Crippen LogP contribution >= 0.6 is 11.8 Å². The van der Waals surface area contributed by atoms with Gasteiger partial charge in [0.15, 0.2) is 11.5 Å². The molecule has 3 heteroatoms. The van der Waals surface area contributed by atoms with Crippen molar-refractivity contribution in [3.63, 3.8) is 0 Å². The van der Waals surface area contributed by atoms with Gasteiger partial charge in [0.05, 0.1) is 6.61 Å². The molecular weight excluding hydrogens is 268 g/mol. The number of ether oxygens (including phenoxy) is 2. The van der Waals surface area contributed by atoms with Gasteiger partial charge in [-0.05, 0) is 24.3 Å². The zero-order valence-corrected chi connectivity index (χ0v) is 13.0. The molecule has 0 unspecified atom stereocenters. The van der Waals surface area contributed by atoms with E-state index in [0.29, 0.717) is 18.3 Å². The number of hydrogen-bond donors (Lipinski definition) is 0. The molecule has 0 aliphatic carbocycles. The maximum absolute atomic E-state index is 5.99. The first-order valence-corrected chi connectivity index (χ1v) is 8.16. The smallest absolute Gasteiger partial charge is 0.158 e. The lowest BCUT2D eigenvalue weighted by Gasteiger charge is -2.30. The van der Waals surface area contributed by atoms with Gasteiger partial charge < -0.3 is 9.47 Å². The largest absolute Gasteiger partial charge is 0.491 e. The summed E-state index contributed by atoms with van der Waals surface area (Å²) in [6.45, 7) is 8.69. The van der Waals surface area contributed by atoms with Gasteiger partial charge in [-0.2, -0.15) is 0 Å². The Morgan fingerprint density at radius 1 is 1.35 bits per heavy atom. The minimum absolute atomic E-state index is 0.169. The third-order valence-electron chi connectivity index (χ3n) is 3.23. The summed E-state index contributed by atoms with van der Waals surface area (Å²) in [6.07, 6.45) is 3.13. The molecule has 0 fully saturated rings. The number of thioether (sulfide) groups is 1. The van der Waals surface area contributed by atoms with Crippen molar-refractivity contribution in [2.75, 3.05) is 12.4 Å². The van der Waals surface area contributed by atoms with E-state index in [1.807, 2.05) is 24.8 Å². The summed E-state index contributed by atoms with van der Waals surface area (Å²) in [5.41, 5.74) is 1.49. The Bertz CT molecular complexity index is 467. The summed E-state index contributed by atoms with van der Waals surface area (Å²) in [5.74, 6) is 2.83. The van der Waals surface area contributed by atoms with Crippen LogP contribution in [0.25, 0.3) is 0 Å². The highest BCUT2D eigenvalue weighted by Gasteiger charge is 2.26. The lowest BCUT2D eigenvalue weighted by molar-refractivity contribution is 0.125. The fourth-order valence-corrected chi connectivity index (χ4v) is 3.20. The minimum atomic E-state index is 0.169. The molecule has 0 bridgehead atoms. The van der Waals surface area contributed by atoms with Crippen molar-refractivity contribution in [1.82, 2.24) is 0 Å². The summed E-state index contributed by atoms with van der Waals surface area (Å²) in [7, 11) is 0.